The number of amides is 1. The molecule has 0 aliphatic rings. The van der Waals surface area contributed by atoms with Gasteiger partial charge in [0, 0.05) is 25.1 Å². The average Bonchev–Trinajstić information content (AvgIpc) is 3.05. The smallest absolute Gasteiger partial charge is 0.251 e. The third-order valence-corrected chi connectivity index (χ3v) is 4.59. The van der Waals surface area contributed by atoms with Gasteiger partial charge in [-0.2, -0.15) is 0 Å². The monoisotopic (exact) mass is 382 g/mol. The summed E-state index contributed by atoms with van der Waals surface area (Å²) < 4.78 is 7.66. The Morgan fingerprint density at radius 2 is 1.93 bits per heavy atom. The number of aliphatic hydroxyl groups is 1. The minimum atomic E-state index is -0.568. The van der Waals surface area contributed by atoms with Crippen molar-refractivity contribution in [2.75, 3.05) is 13.2 Å². The van der Waals surface area contributed by atoms with Crippen LogP contribution in [-0.2, 0) is 6.54 Å². The Morgan fingerprint density at radius 3 is 2.64 bits per heavy atom. The van der Waals surface area contributed by atoms with E-state index < -0.39 is 6.10 Å². The van der Waals surface area contributed by atoms with Gasteiger partial charge in [-0.3, -0.25) is 4.79 Å². The van der Waals surface area contributed by atoms with Crippen molar-refractivity contribution in [2.24, 2.45) is 0 Å². The highest BCUT2D eigenvalue weighted by Gasteiger charge is 2.08. The third kappa shape index (κ3) is 4.86. The summed E-state index contributed by atoms with van der Waals surface area (Å²) in [5.41, 5.74) is 4.92. The Morgan fingerprint density at radius 1 is 1.21 bits per heavy atom. The summed E-state index contributed by atoms with van der Waals surface area (Å²) in [5, 5.41) is 20.3. The summed E-state index contributed by atoms with van der Waals surface area (Å²) in [4.78, 5) is 11.9. The molecule has 3 aromatic rings. The van der Waals surface area contributed by atoms with E-state index >= 15 is 0 Å². The lowest BCUT2D eigenvalue weighted by atomic mass is 10.1. The summed E-state index contributed by atoms with van der Waals surface area (Å²) in [7, 11) is 0. The molecule has 1 amide bonds. The number of aromatic nitrogens is 3. The molecule has 7 heteroatoms. The summed E-state index contributed by atoms with van der Waals surface area (Å²) >= 11 is 0. The largest absolute Gasteiger partial charge is 0.494 e. The van der Waals surface area contributed by atoms with Crippen LogP contribution in [-0.4, -0.2) is 45.3 Å². The molecule has 0 saturated heterocycles. The molecule has 0 aliphatic heterocycles. The number of hydrogen-bond donors (Lipinski definition) is 2. The summed E-state index contributed by atoms with van der Waals surface area (Å²) in [5.74, 6) is 0.498. The number of fused-ring (bicyclic) bond motifs is 1. The number of nitrogens with zero attached hydrogens (tertiary/aromatic N) is 3. The zero-order chi connectivity index (χ0) is 20.1. The SMILES string of the molecule is Cc1cc2nnn(CCCOc3ccc(C(=O)NCC(C)O)cc3)c2cc1C. The van der Waals surface area contributed by atoms with E-state index in [0.717, 1.165) is 24.0 Å². The van der Waals surface area contributed by atoms with Crippen LogP contribution in [0.5, 0.6) is 5.75 Å². The summed E-state index contributed by atoms with van der Waals surface area (Å²) in [6, 6.07) is 11.1. The zero-order valence-corrected chi connectivity index (χ0v) is 16.5. The predicted octanol–water partition coefficient (Wildman–Crippen LogP) is 2.63. The quantitative estimate of drug-likeness (QED) is 0.585. The first-order valence-electron chi connectivity index (χ1n) is 9.43. The molecule has 2 N–H and O–H groups in total. The molecule has 2 aromatic carbocycles. The van der Waals surface area contributed by atoms with Crippen LogP contribution >= 0.6 is 0 Å². The van der Waals surface area contributed by atoms with E-state index in [0.29, 0.717) is 17.9 Å². The van der Waals surface area contributed by atoms with Crippen molar-refractivity contribution in [1.29, 1.82) is 0 Å². The number of ether oxygens (including phenoxy) is 1. The highest BCUT2D eigenvalue weighted by molar-refractivity contribution is 5.94. The number of carbonyl (C=O) groups is 1. The number of hydrogen-bond acceptors (Lipinski definition) is 5. The number of benzene rings is 2. The minimum Gasteiger partial charge on any atom is -0.494 e. The lowest BCUT2D eigenvalue weighted by Gasteiger charge is -2.09. The topological polar surface area (TPSA) is 89.3 Å². The first-order chi connectivity index (χ1) is 13.4. The van der Waals surface area contributed by atoms with Gasteiger partial charge in [-0.05, 0) is 68.3 Å². The van der Waals surface area contributed by atoms with Crippen LogP contribution in [0.15, 0.2) is 36.4 Å². The van der Waals surface area contributed by atoms with Crippen LogP contribution in [0.2, 0.25) is 0 Å². The lowest BCUT2D eigenvalue weighted by Crippen LogP contribution is -2.30. The zero-order valence-electron chi connectivity index (χ0n) is 16.5. The molecule has 0 saturated carbocycles. The average molecular weight is 382 g/mol. The molecule has 3 rings (SSSR count). The number of aliphatic hydroxyl groups excluding tert-OH is 1. The van der Waals surface area contributed by atoms with Crippen molar-refractivity contribution >= 4 is 16.9 Å². The molecular formula is C21H26N4O3. The number of nitrogens with one attached hydrogen (secondary N) is 1. The normalized spacial score (nSPS) is 12.1. The number of aryl methyl sites for hydroxylation is 3. The van der Waals surface area contributed by atoms with Gasteiger partial charge in [-0.1, -0.05) is 5.21 Å². The minimum absolute atomic E-state index is 0.212. The Kier molecular flexibility index (Phi) is 6.26. The molecule has 148 valence electrons. The van der Waals surface area contributed by atoms with Gasteiger partial charge in [0.2, 0.25) is 0 Å². The standard InChI is InChI=1S/C21H26N4O3/c1-14-11-19-20(12-15(14)2)25(24-23-19)9-4-10-28-18-7-5-17(6-8-18)21(27)22-13-16(3)26/h5-8,11-12,16,26H,4,9-10,13H2,1-3H3,(H,22,27). The molecule has 1 aromatic heterocycles. The first kappa shape index (κ1) is 19.8. The molecule has 0 aliphatic carbocycles. The van der Waals surface area contributed by atoms with Crippen molar-refractivity contribution in [3.05, 3.63) is 53.1 Å². The van der Waals surface area contributed by atoms with Crippen molar-refractivity contribution in [1.82, 2.24) is 20.3 Å². The van der Waals surface area contributed by atoms with Gasteiger partial charge in [0.05, 0.1) is 18.2 Å². The van der Waals surface area contributed by atoms with Crippen LogP contribution in [0, 0.1) is 13.8 Å². The van der Waals surface area contributed by atoms with E-state index in [1.807, 2.05) is 4.68 Å². The molecule has 1 unspecified atom stereocenters. The van der Waals surface area contributed by atoms with Gasteiger partial charge in [-0.15, -0.1) is 5.10 Å². The fourth-order valence-electron chi connectivity index (χ4n) is 2.84. The van der Waals surface area contributed by atoms with Gasteiger partial charge in [0.25, 0.3) is 5.91 Å². The Labute approximate surface area is 164 Å². The third-order valence-electron chi connectivity index (χ3n) is 4.59. The number of rotatable bonds is 8. The lowest BCUT2D eigenvalue weighted by molar-refractivity contribution is 0.0924. The van der Waals surface area contributed by atoms with Crippen molar-refractivity contribution in [3.63, 3.8) is 0 Å². The second-order valence-corrected chi connectivity index (χ2v) is 7.02. The van der Waals surface area contributed by atoms with E-state index in [9.17, 15) is 9.90 Å². The molecule has 0 radical (unpaired) electrons. The Bertz CT molecular complexity index is 948. The fraction of sp³-hybridized carbons (Fsp3) is 0.381. The van der Waals surface area contributed by atoms with Crippen LogP contribution in [0.25, 0.3) is 11.0 Å². The van der Waals surface area contributed by atoms with Crippen molar-refractivity contribution < 1.29 is 14.6 Å². The molecule has 7 nitrogen and oxygen atoms in total. The maximum atomic E-state index is 11.9. The molecule has 1 heterocycles. The molecular weight excluding hydrogens is 356 g/mol. The van der Waals surface area contributed by atoms with Crippen molar-refractivity contribution in [3.8, 4) is 5.75 Å². The van der Waals surface area contributed by atoms with E-state index in [1.54, 1.807) is 31.2 Å². The first-order valence-corrected chi connectivity index (χ1v) is 9.43. The van der Waals surface area contributed by atoms with Gasteiger partial charge < -0.3 is 15.2 Å². The van der Waals surface area contributed by atoms with Crippen LogP contribution in [0.3, 0.4) is 0 Å². The van der Waals surface area contributed by atoms with Crippen LogP contribution < -0.4 is 10.1 Å². The molecule has 28 heavy (non-hydrogen) atoms. The maximum Gasteiger partial charge on any atom is 0.251 e. The van der Waals surface area contributed by atoms with E-state index in [-0.39, 0.29) is 12.5 Å². The van der Waals surface area contributed by atoms with E-state index in [1.165, 1.54) is 11.1 Å². The van der Waals surface area contributed by atoms with Gasteiger partial charge in [0.15, 0.2) is 0 Å². The van der Waals surface area contributed by atoms with Gasteiger partial charge >= 0.3 is 0 Å². The Hall–Kier alpha value is -2.93. The summed E-state index contributed by atoms with van der Waals surface area (Å²) in [6.07, 6.45) is 0.226. The predicted molar refractivity (Wildman–Crippen MR) is 108 cm³/mol. The van der Waals surface area contributed by atoms with E-state index in [2.05, 4.69) is 41.6 Å². The molecule has 1 atom stereocenters. The maximum absolute atomic E-state index is 11.9. The molecule has 0 fully saturated rings. The Balaban J connectivity index is 1.49. The van der Waals surface area contributed by atoms with Gasteiger partial charge in [0.1, 0.15) is 11.3 Å². The molecule has 0 bridgehead atoms. The van der Waals surface area contributed by atoms with E-state index in [4.69, 9.17) is 4.74 Å². The highest BCUT2D eigenvalue weighted by atomic mass is 16.5. The second-order valence-electron chi connectivity index (χ2n) is 7.02. The van der Waals surface area contributed by atoms with Crippen LogP contribution in [0.1, 0.15) is 34.8 Å². The number of carbonyl (C=O) groups excluding carboxylic acids is 1. The second kappa shape index (κ2) is 8.84. The summed E-state index contributed by atoms with van der Waals surface area (Å²) in [6.45, 7) is 7.28. The van der Waals surface area contributed by atoms with Crippen molar-refractivity contribution in [2.45, 2.75) is 39.8 Å². The molecule has 0 spiro atoms. The van der Waals surface area contributed by atoms with Crippen LogP contribution in [0.4, 0.5) is 0 Å². The van der Waals surface area contributed by atoms with Gasteiger partial charge in [-0.25, -0.2) is 4.68 Å². The fourth-order valence-corrected chi connectivity index (χ4v) is 2.84. The highest BCUT2D eigenvalue weighted by Crippen LogP contribution is 2.17.